The number of carbonyl (C=O) groups is 2. The van der Waals surface area contributed by atoms with Crippen molar-refractivity contribution >= 4 is 12.0 Å². The second-order valence-corrected chi connectivity index (χ2v) is 3.34. The van der Waals surface area contributed by atoms with Gasteiger partial charge in [-0.05, 0) is 13.8 Å². The summed E-state index contributed by atoms with van der Waals surface area (Å²) in [5.41, 5.74) is 0.745. The lowest BCUT2D eigenvalue weighted by Gasteiger charge is -2.17. The zero-order valence-corrected chi connectivity index (χ0v) is 8.78. The molecule has 0 aliphatic rings. The highest BCUT2D eigenvalue weighted by Crippen LogP contribution is 1.92. The Morgan fingerprint density at radius 2 is 2.00 bits per heavy atom. The molecule has 2 atom stereocenters. The van der Waals surface area contributed by atoms with Crippen LogP contribution >= 0.6 is 0 Å². The van der Waals surface area contributed by atoms with Crippen LogP contribution < -0.4 is 10.6 Å². The van der Waals surface area contributed by atoms with Gasteiger partial charge in [0, 0.05) is 6.54 Å². The third kappa shape index (κ3) is 5.69. The first-order valence-corrected chi connectivity index (χ1v) is 4.44. The molecule has 6 heteroatoms. The summed E-state index contributed by atoms with van der Waals surface area (Å²) in [5.74, 6) is -1.28. The molecule has 0 aliphatic carbocycles. The van der Waals surface area contributed by atoms with Crippen molar-refractivity contribution in [1.29, 1.82) is 0 Å². The highest BCUT2D eigenvalue weighted by molar-refractivity contribution is 5.83. The van der Waals surface area contributed by atoms with Crippen molar-refractivity contribution in [2.75, 3.05) is 6.54 Å². The number of aliphatic hydroxyl groups excluding tert-OH is 1. The number of aliphatic carboxylic acids is 1. The molecule has 0 aliphatic heterocycles. The molecule has 4 N–H and O–H groups in total. The number of hydrogen-bond acceptors (Lipinski definition) is 3. The molecule has 0 saturated carbocycles. The number of urea groups is 1. The summed E-state index contributed by atoms with van der Waals surface area (Å²) in [7, 11) is 0. The Balaban J connectivity index is 4.12. The van der Waals surface area contributed by atoms with Crippen molar-refractivity contribution in [1.82, 2.24) is 10.6 Å². The second kappa shape index (κ2) is 6.02. The summed E-state index contributed by atoms with van der Waals surface area (Å²) in [6.45, 7) is 6.85. The number of nitrogens with one attached hydrogen (secondary N) is 2. The van der Waals surface area contributed by atoms with Gasteiger partial charge in [-0.3, -0.25) is 0 Å². The monoisotopic (exact) mass is 216 g/mol. The smallest absolute Gasteiger partial charge is 0.328 e. The van der Waals surface area contributed by atoms with Gasteiger partial charge in [-0.1, -0.05) is 12.2 Å². The lowest BCUT2D eigenvalue weighted by atomic mass is 10.2. The first kappa shape index (κ1) is 13.4. The number of aliphatic hydroxyl groups is 1. The Kier molecular flexibility index (Phi) is 5.40. The second-order valence-electron chi connectivity index (χ2n) is 3.34. The van der Waals surface area contributed by atoms with Gasteiger partial charge in [0.25, 0.3) is 0 Å². The third-order valence-corrected chi connectivity index (χ3v) is 1.59. The standard InChI is InChI=1S/C9H16N2O4/c1-5(2)4-10-9(15)11-7(6(3)12)8(13)14/h6-7,12H,1,4H2,2-3H3,(H,13,14)(H2,10,11,15). The van der Waals surface area contributed by atoms with Crippen molar-refractivity contribution in [3.8, 4) is 0 Å². The van der Waals surface area contributed by atoms with E-state index >= 15 is 0 Å². The predicted molar refractivity (Wildman–Crippen MR) is 54.5 cm³/mol. The molecule has 0 aromatic carbocycles. The summed E-state index contributed by atoms with van der Waals surface area (Å²) < 4.78 is 0. The van der Waals surface area contributed by atoms with Crippen LogP contribution in [0.25, 0.3) is 0 Å². The Morgan fingerprint density at radius 1 is 1.47 bits per heavy atom. The Hall–Kier alpha value is -1.56. The van der Waals surface area contributed by atoms with Crippen LogP contribution in [0.15, 0.2) is 12.2 Å². The zero-order chi connectivity index (χ0) is 12.0. The van der Waals surface area contributed by atoms with Gasteiger partial charge in [0.05, 0.1) is 6.10 Å². The number of carboxylic acids is 1. The SMILES string of the molecule is C=C(C)CNC(=O)NC(C(=O)O)C(C)O. The van der Waals surface area contributed by atoms with Crippen LogP contribution in [-0.4, -0.2) is 40.9 Å². The van der Waals surface area contributed by atoms with E-state index < -0.39 is 24.1 Å². The molecule has 0 radical (unpaired) electrons. The minimum atomic E-state index is -1.31. The maximum absolute atomic E-state index is 11.1. The minimum absolute atomic E-state index is 0.262. The van der Waals surface area contributed by atoms with E-state index in [4.69, 9.17) is 10.2 Å². The molecule has 0 spiro atoms. The molecule has 2 unspecified atom stereocenters. The molecular weight excluding hydrogens is 200 g/mol. The molecule has 0 aromatic rings. The maximum Gasteiger partial charge on any atom is 0.328 e. The molecule has 2 amide bonds. The largest absolute Gasteiger partial charge is 0.480 e. The Morgan fingerprint density at radius 3 is 2.33 bits per heavy atom. The van der Waals surface area contributed by atoms with E-state index in [-0.39, 0.29) is 6.54 Å². The Bertz CT molecular complexity index is 263. The molecule has 0 rings (SSSR count). The summed E-state index contributed by atoms with van der Waals surface area (Å²) in [5, 5.41) is 22.2. The van der Waals surface area contributed by atoms with E-state index in [1.165, 1.54) is 6.92 Å². The first-order chi connectivity index (χ1) is 6.84. The molecule has 0 aromatic heterocycles. The first-order valence-electron chi connectivity index (χ1n) is 4.44. The van der Waals surface area contributed by atoms with E-state index in [9.17, 15) is 9.59 Å². The third-order valence-electron chi connectivity index (χ3n) is 1.59. The number of amides is 2. The molecule has 0 heterocycles. The van der Waals surface area contributed by atoms with Gasteiger partial charge in [0.2, 0.25) is 0 Å². The van der Waals surface area contributed by atoms with Gasteiger partial charge in [-0.25, -0.2) is 9.59 Å². The van der Waals surface area contributed by atoms with Crippen molar-refractivity contribution < 1.29 is 19.8 Å². The van der Waals surface area contributed by atoms with E-state index in [0.717, 1.165) is 5.57 Å². The number of carbonyl (C=O) groups excluding carboxylic acids is 1. The normalized spacial score (nSPS) is 13.8. The zero-order valence-electron chi connectivity index (χ0n) is 8.78. The van der Waals surface area contributed by atoms with Gasteiger partial charge < -0.3 is 20.8 Å². The number of rotatable bonds is 5. The number of hydrogen-bond donors (Lipinski definition) is 4. The van der Waals surface area contributed by atoms with E-state index in [1.807, 2.05) is 0 Å². The summed E-state index contributed by atoms with van der Waals surface area (Å²) in [4.78, 5) is 21.7. The maximum atomic E-state index is 11.1. The van der Waals surface area contributed by atoms with Crippen LogP contribution in [0.5, 0.6) is 0 Å². The van der Waals surface area contributed by atoms with Crippen LogP contribution in [0, 0.1) is 0 Å². The van der Waals surface area contributed by atoms with Crippen LogP contribution in [0.4, 0.5) is 4.79 Å². The highest BCUT2D eigenvalue weighted by Gasteiger charge is 2.24. The Labute approximate surface area is 88.0 Å². The lowest BCUT2D eigenvalue weighted by Crippen LogP contribution is -2.51. The van der Waals surface area contributed by atoms with Gasteiger partial charge in [-0.2, -0.15) is 0 Å². The van der Waals surface area contributed by atoms with Crippen LogP contribution in [0.1, 0.15) is 13.8 Å². The molecule has 15 heavy (non-hydrogen) atoms. The van der Waals surface area contributed by atoms with Gasteiger partial charge >= 0.3 is 12.0 Å². The van der Waals surface area contributed by atoms with Crippen molar-refractivity contribution in [2.24, 2.45) is 0 Å². The molecule has 0 bridgehead atoms. The molecule has 0 saturated heterocycles. The fourth-order valence-electron chi connectivity index (χ4n) is 0.812. The molecule has 6 nitrogen and oxygen atoms in total. The molecule has 86 valence electrons. The van der Waals surface area contributed by atoms with E-state index in [1.54, 1.807) is 6.92 Å². The van der Waals surface area contributed by atoms with Crippen molar-refractivity contribution in [3.63, 3.8) is 0 Å². The average molecular weight is 216 g/mol. The topological polar surface area (TPSA) is 98.7 Å². The predicted octanol–water partition coefficient (Wildman–Crippen LogP) is -0.304. The quantitative estimate of drug-likeness (QED) is 0.474. The van der Waals surface area contributed by atoms with Gasteiger partial charge in [-0.15, -0.1) is 0 Å². The highest BCUT2D eigenvalue weighted by atomic mass is 16.4. The summed E-state index contributed by atoms with van der Waals surface area (Å²) >= 11 is 0. The lowest BCUT2D eigenvalue weighted by molar-refractivity contribution is -0.141. The van der Waals surface area contributed by atoms with Gasteiger partial charge in [0.15, 0.2) is 6.04 Å². The summed E-state index contributed by atoms with van der Waals surface area (Å²) in [6.07, 6.45) is -1.15. The van der Waals surface area contributed by atoms with Crippen LogP contribution in [-0.2, 0) is 4.79 Å². The fourth-order valence-corrected chi connectivity index (χ4v) is 0.812. The van der Waals surface area contributed by atoms with Crippen LogP contribution in [0.3, 0.4) is 0 Å². The minimum Gasteiger partial charge on any atom is -0.480 e. The fraction of sp³-hybridized carbons (Fsp3) is 0.556. The molecule has 0 fully saturated rings. The van der Waals surface area contributed by atoms with Crippen molar-refractivity contribution in [3.05, 3.63) is 12.2 Å². The van der Waals surface area contributed by atoms with Gasteiger partial charge in [0.1, 0.15) is 0 Å². The average Bonchev–Trinajstić information content (AvgIpc) is 2.09. The summed E-state index contributed by atoms with van der Waals surface area (Å²) in [6, 6.07) is -1.96. The van der Waals surface area contributed by atoms with Crippen LogP contribution in [0.2, 0.25) is 0 Å². The van der Waals surface area contributed by atoms with Crippen molar-refractivity contribution in [2.45, 2.75) is 26.0 Å². The van der Waals surface area contributed by atoms with E-state index in [2.05, 4.69) is 17.2 Å². The molecular formula is C9H16N2O4. The van der Waals surface area contributed by atoms with E-state index in [0.29, 0.717) is 0 Å². The number of carboxylic acid groups (broad SMARTS) is 1.